The molecule has 2 nitrogen and oxygen atoms in total. The maximum Gasteiger partial charge on any atom is 0.104 e. The van der Waals surface area contributed by atoms with Crippen molar-refractivity contribution in [3.05, 3.63) is 35.4 Å². The predicted octanol–water partition coefficient (Wildman–Crippen LogP) is 2.65. The van der Waals surface area contributed by atoms with Gasteiger partial charge in [0, 0.05) is 12.1 Å². The summed E-state index contributed by atoms with van der Waals surface area (Å²) < 4.78 is 0. The van der Waals surface area contributed by atoms with Crippen LogP contribution in [0.15, 0.2) is 24.3 Å². The van der Waals surface area contributed by atoms with Crippen LogP contribution in [0.1, 0.15) is 37.8 Å². The first-order valence-electron chi connectivity index (χ1n) is 6.71. The van der Waals surface area contributed by atoms with Crippen molar-refractivity contribution in [2.75, 3.05) is 19.7 Å². The second kappa shape index (κ2) is 8.74. The van der Waals surface area contributed by atoms with Crippen molar-refractivity contribution in [3.63, 3.8) is 0 Å². The fourth-order valence-corrected chi connectivity index (χ4v) is 1.89. The zero-order valence-corrected chi connectivity index (χ0v) is 11.4. The van der Waals surface area contributed by atoms with Crippen LogP contribution in [0.2, 0.25) is 0 Å². The van der Waals surface area contributed by atoms with Gasteiger partial charge in [0.05, 0.1) is 0 Å². The van der Waals surface area contributed by atoms with E-state index in [1.165, 1.54) is 18.4 Å². The fraction of sp³-hybridized carbons (Fsp3) is 0.500. The van der Waals surface area contributed by atoms with Crippen LogP contribution >= 0.6 is 0 Å². The van der Waals surface area contributed by atoms with Crippen LogP contribution in [-0.4, -0.2) is 29.7 Å². The second-order valence-electron chi connectivity index (χ2n) is 4.34. The third kappa shape index (κ3) is 4.91. The van der Waals surface area contributed by atoms with Gasteiger partial charge in [-0.2, -0.15) is 0 Å². The summed E-state index contributed by atoms with van der Waals surface area (Å²) in [5, 5.41) is 8.78. The average Bonchev–Trinajstić information content (AvgIpc) is 2.42. The van der Waals surface area contributed by atoms with E-state index in [1.54, 1.807) is 0 Å². The zero-order valence-electron chi connectivity index (χ0n) is 11.4. The smallest absolute Gasteiger partial charge is 0.104 e. The van der Waals surface area contributed by atoms with Crippen molar-refractivity contribution >= 4 is 0 Å². The van der Waals surface area contributed by atoms with Gasteiger partial charge in [-0.05, 0) is 31.1 Å². The molecule has 0 aliphatic carbocycles. The van der Waals surface area contributed by atoms with Crippen LogP contribution in [-0.2, 0) is 6.54 Å². The summed E-state index contributed by atoms with van der Waals surface area (Å²) in [4.78, 5) is 2.43. The largest absolute Gasteiger partial charge is 0.384 e. The number of rotatable bonds is 6. The molecule has 1 aromatic rings. The molecule has 2 heteroatoms. The van der Waals surface area contributed by atoms with Crippen LogP contribution in [0.25, 0.3) is 0 Å². The quantitative estimate of drug-likeness (QED) is 0.779. The molecule has 0 heterocycles. The highest BCUT2D eigenvalue weighted by molar-refractivity contribution is 5.41. The van der Waals surface area contributed by atoms with Gasteiger partial charge in [-0.1, -0.05) is 50.3 Å². The molecule has 0 amide bonds. The lowest BCUT2D eigenvalue weighted by molar-refractivity contribution is 0.275. The van der Waals surface area contributed by atoms with Crippen LogP contribution in [0.3, 0.4) is 0 Å². The Hall–Kier alpha value is -1.30. The first-order valence-corrected chi connectivity index (χ1v) is 6.71. The molecule has 18 heavy (non-hydrogen) atoms. The Morgan fingerprint density at radius 1 is 1.22 bits per heavy atom. The van der Waals surface area contributed by atoms with Crippen LogP contribution in [0, 0.1) is 11.8 Å². The molecule has 0 bridgehead atoms. The molecule has 98 valence electrons. The van der Waals surface area contributed by atoms with E-state index in [0.29, 0.717) is 0 Å². The molecule has 1 rings (SSSR count). The molecule has 0 saturated carbocycles. The van der Waals surface area contributed by atoms with Gasteiger partial charge in [-0.25, -0.2) is 0 Å². The molecule has 0 saturated heterocycles. The average molecular weight is 245 g/mol. The van der Waals surface area contributed by atoms with E-state index in [1.807, 2.05) is 18.2 Å². The normalized spacial score (nSPS) is 10.2. The van der Waals surface area contributed by atoms with Crippen molar-refractivity contribution < 1.29 is 5.11 Å². The Morgan fingerprint density at radius 3 is 2.67 bits per heavy atom. The molecule has 0 fully saturated rings. The second-order valence-corrected chi connectivity index (χ2v) is 4.34. The highest BCUT2D eigenvalue weighted by Crippen LogP contribution is 2.11. The van der Waals surface area contributed by atoms with Gasteiger partial charge in [0.15, 0.2) is 0 Å². The minimum absolute atomic E-state index is 0.0817. The van der Waals surface area contributed by atoms with Crippen molar-refractivity contribution in [2.24, 2.45) is 0 Å². The van der Waals surface area contributed by atoms with Crippen LogP contribution in [0.5, 0.6) is 0 Å². The van der Waals surface area contributed by atoms with E-state index < -0.39 is 0 Å². The molecule has 0 unspecified atom stereocenters. The molecular formula is C16H23NO. The summed E-state index contributed by atoms with van der Waals surface area (Å²) in [5.41, 5.74) is 2.28. The van der Waals surface area contributed by atoms with E-state index in [2.05, 4.69) is 36.7 Å². The number of unbranched alkanes of at least 4 members (excludes halogenated alkanes) is 1. The van der Waals surface area contributed by atoms with Gasteiger partial charge in [0.25, 0.3) is 0 Å². The summed E-state index contributed by atoms with van der Waals surface area (Å²) in [6, 6.07) is 8.18. The molecule has 0 radical (unpaired) electrons. The third-order valence-corrected chi connectivity index (χ3v) is 2.99. The Kier molecular flexibility index (Phi) is 7.17. The fourth-order valence-electron chi connectivity index (χ4n) is 1.89. The summed E-state index contributed by atoms with van der Waals surface area (Å²) in [7, 11) is 0. The van der Waals surface area contributed by atoms with Crippen molar-refractivity contribution in [1.82, 2.24) is 4.90 Å². The lowest BCUT2D eigenvalue weighted by atomic mass is 10.1. The molecule has 1 N–H and O–H groups in total. The molecule has 0 aliphatic rings. The van der Waals surface area contributed by atoms with E-state index in [4.69, 9.17) is 5.11 Å². The number of aliphatic hydroxyl groups excluding tert-OH is 1. The summed E-state index contributed by atoms with van der Waals surface area (Å²) in [5.74, 6) is 5.75. The first kappa shape index (κ1) is 14.8. The van der Waals surface area contributed by atoms with Gasteiger partial charge in [-0.15, -0.1) is 0 Å². The third-order valence-electron chi connectivity index (χ3n) is 2.99. The van der Waals surface area contributed by atoms with E-state index in [9.17, 15) is 0 Å². The van der Waals surface area contributed by atoms with Gasteiger partial charge in [0.1, 0.15) is 6.61 Å². The SMILES string of the molecule is CCCCN(CC)Cc1ccccc1C#CCO. The van der Waals surface area contributed by atoms with Gasteiger partial charge in [-0.3, -0.25) is 4.90 Å². The van der Waals surface area contributed by atoms with Crippen molar-refractivity contribution in [2.45, 2.75) is 33.2 Å². The van der Waals surface area contributed by atoms with Gasteiger partial charge >= 0.3 is 0 Å². The molecule has 1 aromatic carbocycles. The molecule has 0 spiro atoms. The molecule has 0 atom stereocenters. The lowest BCUT2D eigenvalue weighted by Crippen LogP contribution is -2.24. The zero-order chi connectivity index (χ0) is 13.2. The minimum Gasteiger partial charge on any atom is -0.384 e. The summed E-state index contributed by atoms with van der Waals surface area (Å²) in [6.07, 6.45) is 2.46. The molecule has 0 aliphatic heterocycles. The highest BCUT2D eigenvalue weighted by Gasteiger charge is 2.05. The number of hydrogen-bond donors (Lipinski definition) is 1. The number of nitrogens with zero attached hydrogens (tertiary/aromatic N) is 1. The standard InChI is InChI=1S/C16H23NO/c1-3-5-12-17(4-2)14-16-10-7-6-9-15(16)11-8-13-18/h6-7,9-10,18H,3-5,12-14H2,1-2H3. The van der Waals surface area contributed by atoms with E-state index in [0.717, 1.165) is 25.2 Å². The highest BCUT2D eigenvalue weighted by atomic mass is 16.2. The van der Waals surface area contributed by atoms with E-state index >= 15 is 0 Å². The van der Waals surface area contributed by atoms with Gasteiger partial charge in [0.2, 0.25) is 0 Å². The van der Waals surface area contributed by atoms with Crippen molar-refractivity contribution in [3.8, 4) is 11.8 Å². The number of hydrogen-bond acceptors (Lipinski definition) is 2. The Bertz CT molecular complexity index is 403. The Balaban J connectivity index is 2.75. The monoisotopic (exact) mass is 245 g/mol. The summed E-state index contributed by atoms with van der Waals surface area (Å²) >= 11 is 0. The Labute approximate surface area is 111 Å². The van der Waals surface area contributed by atoms with Gasteiger partial charge < -0.3 is 5.11 Å². The number of aliphatic hydroxyl groups is 1. The first-order chi connectivity index (χ1) is 8.81. The van der Waals surface area contributed by atoms with Crippen molar-refractivity contribution in [1.29, 1.82) is 0 Å². The minimum atomic E-state index is -0.0817. The summed E-state index contributed by atoms with van der Waals surface area (Å²) in [6.45, 7) is 7.46. The lowest BCUT2D eigenvalue weighted by Gasteiger charge is -2.20. The van der Waals surface area contributed by atoms with Crippen LogP contribution in [0.4, 0.5) is 0 Å². The van der Waals surface area contributed by atoms with Crippen LogP contribution < -0.4 is 0 Å². The Morgan fingerprint density at radius 2 is 2.00 bits per heavy atom. The molecule has 0 aromatic heterocycles. The maximum absolute atomic E-state index is 8.78. The number of benzene rings is 1. The predicted molar refractivity (Wildman–Crippen MR) is 76.3 cm³/mol. The maximum atomic E-state index is 8.78. The van der Waals surface area contributed by atoms with E-state index in [-0.39, 0.29) is 6.61 Å². The topological polar surface area (TPSA) is 23.5 Å². The molecular weight excluding hydrogens is 222 g/mol.